The molecule has 9 nitrogen and oxygen atoms in total. The second-order valence-corrected chi connectivity index (χ2v) is 10.1. The number of ether oxygens (including phenoxy) is 2. The van der Waals surface area contributed by atoms with Crippen molar-refractivity contribution >= 4 is 23.9 Å². The van der Waals surface area contributed by atoms with Gasteiger partial charge in [0.2, 0.25) is 11.8 Å². The van der Waals surface area contributed by atoms with Gasteiger partial charge >= 0.3 is 12.1 Å². The lowest BCUT2D eigenvalue weighted by molar-refractivity contribution is -0.147. The molecule has 4 unspecified atom stereocenters. The van der Waals surface area contributed by atoms with Crippen LogP contribution in [0.15, 0.2) is 24.3 Å². The molecule has 4 atom stereocenters. The molecule has 1 aromatic carbocycles. The molecule has 0 aliphatic heterocycles. The van der Waals surface area contributed by atoms with Gasteiger partial charge in [-0.05, 0) is 52.5 Å². The molecule has 0 bridgehead atoms. The number of amides is 3. The highest BCUT2D eigenvalue weighted by Crippen LogP contribution is 2.28. The van der Waals surface area contributed by atoms with Crippen LogP contribution >= 0.6 is 0 Å². The number of methoxy groups -OCH3 is 1. The number of alkyl carbamates (subject to hydrolysis) is 1. The number of esters is 1. The fourth-order valence-electron chi connectivity index (χ4n) is 3.68. The Morgan fingerprint density at radius 1 is 1.06 bits per heavy atom. The Hall–Kier alpha value is -3.10. The van der Waals surface area contributed by atoms with Crippen molar-refractivity contribution in [2.75, 3.05) is 13.7 Å². The van der Waals surface area contributed by atoms with E-state index in [4.69, 9.17) is 4.74 Å². The van der Waals surface area contributed by atoms with E-state index in [0.717, 1.165) is 5.56 Å². The molecule has 0 radical (unpaired) electrons. The summed E-state index contributed by atoms with van der Waals surface area (Å²) in [4.78, 5) is 53.5. The minimum absolute atomic E-state index is 0.229. The molecule has 202 valence electrons. The summed E-state index contributed by atoms with van der Waals surface area (Å²) in [5.74, 6) is -1.74. The molecule has 36 heavy (non-hydrogen) atoms. The molecule has 0 heterocycles. The van der Waals surface area contributed by atoms with Crippen LogP contribution in [-0.2, 0) is 23.9 Å². The maximum Gasteiger partial charge on any atom is 0.408 e. The third-order valence-electron chi connectivity index (χ3n) is 5.99. The lowest BCUT2D eigenvalue weighted by atomic mass is 9.94. The molecule has 1 aromatic rings. The van der Waals surface area contributed by atoms with E-state index in [1.807, 2.05) is 52.8 Å². The van der Waals surface area contributed by atoms with Gasteiger partial charge in [0, 0.05) is 6.04 Å². The van der Waals surface area contributed by atoms with Gasteiger partial charge in [0.15, 0.2) is 0 Å². The number of nitrogens with zero attached hydrogens (tertiary/aromatic N) is 1. The van der Waals surface area contributed by atoms with Crippen LogP contribution in [-0.4, -0.2) is 60.1 Å². The summed E-state index contributed by atoms with van der Waals surface area (Å²) in [5, 5.41) is 5.34. The van der Waals surface area contributed by atoms with Crippen molar-refractivity contribution in [3.63, 3.8) is 0 Å². The van der Waals surface area contributed by atoms with Crippen molar-refractivity contribution in [3.8, 4) is 0 Å². The first-order valence-electron chi connectivity index (χ1n) is 12.5. The van der Waals surface area contributed by atoms with E-state index in [9.17, 15) is 19.2 Å². The summed E-state index contributed by atoms with van der Waals surface area (Å²) >= 11 is 0. The minimum Gasteiger partial charge on any atom is -0.468 e. The summed E-state index contributed by atoms with van der Waals surface area (Å²) in [6, 6.07) is 5.04. The van der Waals surface area contributed by atoms with Gasteiger partial charge in [0.25, 0.3) is 0 Å². The van der Waals surface area contributed by atoms with Crippen molar-refractivity contribution in [2.24, 2.45) is 5.92 Å². The average Bonchev–Trinajstić information content (AvgIpc) is 2.81. The molecule has 9 heteroatoms. The van der Waals surface area contributed by atoms with Gasteiger partial charge in [-0.25, -0.2) is 4.79 Å². The fraction of sp³-hybridized carbons (Fsp3) is 0.630. The second kappa shape index (κ2) is 13.8. The Labute approximate surface area is 215 Å². The predicted octanol–water partition coefficient (Wildman–Crippen LogP) is 3.89. The largest absolute Gasteiger partial charge is 0.468 e. The number of aryl methyl sites for hydroxylation is 1. The number of carbonyl (C=O) groups is 4. The van der Waals surface area contributed by atoms with Crippen LogP contribution in [0.4, 0.5) is 4.79 Å². The van der Waals surface area contributed by atoms with Crippen LogP contribution in [0.5, 0.6) is 0 Å². The van der Waals surface area contributed by atoms with Crippen LogP contribution in [0.1, 0.15) is 78.5 Å². The van der Waals surface area contributed by atoms with E-state index in [-0.39, 0.29) is 18.5 Å². The normalized spacial score (nSPS) is 14.6. The van der Waals surface area contributed by atoms with E-state index in [1.54, 1.807) is 26.8 Å². The maximum atomic E-state index is 14.1. The van der Waals surface area contributed by atoms with Gasteiger partial charge < -0.3 is 25.0 Å². The van der Waals surface area contributed by atoms with Crippen molar-refractivity contribution < 1.29 is 28.7 Å². The summed E-state index contributed by atoms with van der Waals surface area (Å²) in [6.45, 7) is 14.4. The summed E-state index contributed by atoms with van der Waals surface area (Å²) in [7, 11) is 1.24. The molecule has 0 aliphatic carbocycles. The monoisotopic (exact) mass is 505 g/mol. The Kier molecular flexibility index (Phi) is 11.9. The molecule has 0 aliphatic rings. The summed E-state index contributed by atoms with van der Waals surface area (Å²) in [5.41, 5.74) is 0.785. The van der Waals surface area contributed by atoms with Crippen LogP contribution in [0.2, 0.25) is 0 Å². The predicted molar refractivity (Wildman–Crippen MR) is 138 cm³/mol. The van der Waals surface area contributed by atoms with E-state index in [2.05, 4.69) is 15.4 Å². The minimum atomic E-state index is -1.02. The average molecular weight is 506 g/mol. The third kappa shape index (κ3) is 9.17. The molecule has 3 amide bonds. The van der Waals surface area contributed by atoms with Crippen LogP contribution in [0.3, 0.4) is 0 Å². The van der Waals surface area contributed by atoms with E-state index < -0.39 is 41.6 Å². The first-order chi connectivity index (χ1) is 16.7. The van der Waals surface area contributed by atoms with Crippen molar-refractivity contribution in [1.29, 1.82) is 0 Å². The number of carbonyl (C=O) groups excluding carboxylic acids is 4. The van der Waals surface area contributed by atoms with E-state index in [0.29, 0.717) is 18.4 Å². The van der Waals surface area contributed by atoms with Gasteiger partial charge in [-0.2, -0.15) is 0 Å². The maximum absolute atomic E-state index is 14.1. The number of rotatable bonds is 11. The van der Waals surface area contributed by atoms with E-state index >= 15 is 0 Å². The van der Waals surface area contributed by atoms with Crippen LogP contribution in [0, 0.1) is 12.8 Å². The summed E-state index contributed by atoms with van der Waals surface area (Å²) in [6.07, 6.45) is 0.481. The van der Waals surface area contributed by atoms with Gasteiger partial charge in [0.1, 0.15) is 24.2 Å². The topological polar surface area (TPSA) is 114 Å². The molecular weight excluding hydrogens is 462 g/mol. The van der Waals surface area contributed by atoms with Crippen molar-refractivity contribution in [2.45, 2.75) is 92.0 Å². The van der Waals surface area contributed by atoms with Gasteiger partial charge in [-0.15, -0.1) is 0 Å². The zero-order valence-corrected chi connectivity index (χ0v) is 23.1. The van der Waals surface area contributed by atoms with Crippen LogP contribution < -0.4 is 10.6 Å². The van der Waals surface area contributed by atoms with Crippen molar-refractivity contribution in [3.05, 3.63) is 35.4 Å². The highest BCUT2D eigenvalue weighted by atomic mass is 16.6. The molecule has 0 fully saturated rings. The molecule has 1 rings (SSSR count). The molecule has 0 saturated heterocycles. The standard InChI is InChI=1S/C27H43N3O6/c1-10-18(4)22(29-26(34)36-27(6,7)8)25(33)30(19(5)11-2)23(20-14-12-13-17(3)15-20)24(32)28-16-21(31)35-9/h12-15,18-19,22-23H,10-11,16H2,1-9H3,(H,28,32)(H,29,34). The van der Waals surface area contributed by atoms with Gasteiger partial charge in [0.05, 0.1) is 7.11 Å². The number of benzene rings is 1. The lowest BCUT2D eigenvalue weighted by Crippen LogP contribution is -2.57. The molecule has 2 N–H and O–H groups in total. The fourth-order valence-corrected chi connectivity index (χ4v) is 3.68. The van der Waals surface area contributed by atoms with Gasteiger partial charge in [-0.1, -0.05) is 57.0 Å². The first-order valence-corrected chi connectivity index (χ1v) is 12.5. The smallest absolute Gasteiger partial charge is 0.408 e. The number of nitrogens with one attached hydrogen (secondary N) is 2. The SMILES string of the molecule is CCC(C)C(NC(=O)OC(C)(C)C)C(=O)N(C(C)CC)C(C(=O)NCC(=O)OC)c1cccc(C)c1. The molecule has 0 spiro atoms. The number of hydrogen-bond acceptors (Lipinski definition) is 6. The quantitative estimate of drug-likeness (QED) is 0.441. The Morgan fingerprint density at radius 3 is 2.19 bits per heavy atom. The molecular formula is C27H43N3O6. The van der Waals surface area contributed by atoms with Crippen molar-refractivity contribution in [1.82, 2.24) is 15.5 Å². The lowest BCUT2D eigenvalue weighted by Gasteiger charge is -2.39. The molecule has 0 saturated carbocycles. The zero-order valence-electron chi connectivity index (χ0n) is 23.1. The number of hydrogen-bond donors (Lipinski definition) is 2. The first kappa shape index (κ1) is 30.9. The van der Waals surface area contributed by atoms with Crippen LogP contribution in [0.25, 0.3) is 0 Å². The molecule has 0 aromatic heterocycles. The zero-order chi connectivity index (χ0) is 27.6. The van der Waals surface area contributed by atoms with Gasteiger partial charge in [-0.3, -0.25) is 14.4 Å². The Balaban J connectivity index is 3.54. The summed E-state index contributed by atoms with van der Waals surface area (Å²) < 4.78 is 10.1. The van der Waals surface area contributed by atoms with E-state index in [1.165, 1.54) is 12.0 Å². The second-order valence-electron chi connectivity index (χ2n) is 10.1. The Morgan fingerprint density at radius 2 is 1.69 bits per heavy atom. The highest BCUT2D eigenvalue weighted by Gasteiger charge is 2.40. The third-order valence-corrected chi connectivity index (χ3v) is 5.99. The Bertz CT molecular complexity index is 911. The highest BCUT2D eigenvalue weighted by molar-refractivity contribution is 5.93.